The first-order valence-electron chi connectivity index (χ1n) is 5.45. The van der Waals surface area contributed by atoms with Gasteiger partial charge in [-0.25, -0.2) is 9.37 Å². The lowest BCUT2D eigenvalue weighted by Crippen LogP contribution is -2.15. The molecule has 0 spiro atoms. The molecule has 5 nitrogen and oxygen atoms in total. The van der Waals surface area contributed by atoms with Crippen molar-refractivity contribution in [3.8, 4) is 0 Å². The summed E-state index contributed by atoms with van der Waals surface area (Å²) in [7, 11) is 0. The number of rotatable bonds is 4. The van der Waals surface area contributed by atoms with E-state index in [0.29, 0.717) is 15.3 Å². The lowest BCUT2D eigenvalue weighted by atomic mass is 10.2. The van der Waals surface area contributed by atoms with Crippen LogP contribution in [0.4, 0.5) is 9.52 Å². The molecular weight excluding hydrogens is 349 g/mol. The van der Waals surface area contributed by atoms with E-state index in [4.69, 9.17) is 5.73 Å². The normalized spacial score (nSPS) is 10.3. The summed E-state index contributed by atoms with van der Waals surface area (Å²) in [6, 6.07) is 3.82. The van der Waals surface area contributed by atoms with Crippen LogP contribution in [0.2, 0.25) is 0 Å². The highest BCUT2D eigenvalue weighted by atomic mass is 79.9. The van der Waals surface area contributed by atoms with Crippen LogP contribution < -0.4 is 11.1 Å². The number of hydrogen-bond acceptors (Lipinski definition) is 4. The van der Waals surface area contributed by atoms with Gasteiger partial charge >= 0.3 is 0 Å². The molecule has 2 aromatic rings. The van der Waals surface area contributed by atoms with E-state index in [0.717, 1.165) is 17.4 Å². The van der Waals surface area contributed by atoms with E-state index in [-0.39, 0.29) is 12.0 Å². The molecular formula is C12H9BrFN3O2S. The summed E-state index contributed by atoms with van der Waals surface area (Å²) < 4.78 is 13.6. The van der Waals surface area contributed by atoms with Crippen molar-refractivity contribution in [2.24, 2.45) is 5.73 Å². The zero-order chi connectivity index (χ0) is 14.7. The molecule has 0 aliphatic heterocycles. The minimum atomic E-state index is -0.507. The Kier molecular flexibility index (Phi) is 4.46. The summed E-state index contributed by atoms with van der Waals surface area (Å²) in [5, 5.41) is 4.49. The van der Waals surface area contributed by atoms with Crippen molar-refractivity contribution in [3.63, 3.8) is 0 Å². The maximum atomic E-state index is 13.1. The van der Waals surface area contributed by atoms with Gasteiger partial charge in [0.05, 0.1) is 17.7 Å². The molecule has 0 radical (unpaired) electrons. The summed E-state index contributed by atoms with van der Waals surface area (Å²) in [6.07, 6.45) is 0.00995. The molecule has 0 atom stereocenters. The molecule has 1 aromatic carbocycles. The van der Waals surface area contributed by atoms with E-state index >= 15 is 0 Å². The van der Waals surface area contributed by atoms with Gasteiger partial charge in [-0.2, -0.15) is 0 Å². The van der Waals surface area contributed by atoms with Gasteiger partial charge in [-0.05, 0) is 34.1 Å². The van der Waals surface area contributed by atoms with Crippen LogP contribution in [-0.2, 0) is 11.2 Å². The van der Waals surface area contributed by atoms with Crippen LogP contribution >= 0.6 is 27.3 Å². The number of carbonyl (C=O) groups excluding carboxylic acids is 2. The van der Waals surface area contributed by atoms with Crippen molar-refractivity contribution >= 4 is 44.2 Å². The molecule has 0 bridgehead atoms. The second-order valence-corrected chi connectivity index (χ2v) is 5.58. The minimum absolute atomic E-state index is 0.00995. The molecule has 8 heteroatoms. The monoisotopic (exact) mass is 357 g/mol. The zero-order valence-electron chi connectivity index (χ0n) is 10.0. The van der Waals surface area contributed by atoms with Gasteiger partial charge in [0.2, 0.25) is 5.91 Å². The van der Waals surface area contributed by atoms with Crippen molar-refractivity contribution in [1.82, 2.24) is 4.98 Å². The molecule has 3 N–H and O–H groups in total. The van der Waals surface area contributed by atoms with Gasteiger partial charge in [0.15, 0.2) is 5.13 Å². The predicted molar refractivity (Wildman–Crippen MR) is 77.1 cm³/mol. The molecule has 0 fully saturated rings. The largest absolute Gasteiger partial charge is 0.369 e. The standard InChI is InChI=1S/C12H9BrFN3O2S/c13-9-2-1-6(14)3-8(9)11(19)17-12-16-7(5-20-12)4-10(15)18/h1-3,5H,4H2,(H2,15,18)(H,16,17,19). The van der Waals surface area contributed by atoms with Gasteiger partial charge < -0.3 is 5.73 Å². The Morgan fingerprint density at radius 3 is 2.90 bits per heavy atom. The van der Waals surface area contributed by atoms with Crippen molar-refractivity contribution in [3.05, 3.63) is 45.1 Å². The second-order valence-electron chi connectivity index (χ2n) is 3.87. The number of aromatic nitrogens is 1. The highest BCUT2D eigenvalue weighted by Gasteiger charge is 2.13. The number of carbonyl (C=O) groups is 2. The van der Waals surface area contributed by atoms with E-state index in [1.165, 1.54) is 12.1 Å². The van der Waals surface area contributed by atoms with E-state index in [9.17, 15) is 14.0 Å². The fourth-order valence-electron chi connectivity index (χ4n) is 1.46. The third kappa shape index (κ3) is 3.61. The summed E-state index contributed by atoms with van der Waals surface area (Å²) in [4.78, 5) is 26.8. The third-order valence-electron chi connectivity index (χ3n) is 2.30. The summed E-state index contributed by atoms with van der Waals surface area (Å²) in [6.45, 7) is 0. The molecule has 0 aliphatic rings. The first-order valence-corrected chi connectivity index (χ1v) is 7.12. The van der Waals surface area contributed by atoms with Crippen molar-refractivity contribution in [2.75, 3.05) is 5.32 Å². The highest BCUT2D eigenvalue weighted by Crippen LogP contribution is 2.21. The van der Waals surface area contributed by atoms with Gasteiger partial charge in [0.25, 0.3) is 5.91 Å². The molecule has 20 heavy (non-hydrogen) atoms. The Balaban J connectivity index is 2.13. The first-order chi connectivity index (χ1) is 9.45. The molecule has 1 heterocycles. The zero-order valence-corrected chi connectivity index (χ0v) is 12.4. The Morgan fingerprint density at radius 1 is 1.45 bits per heavy atom. The summed E-state index contributed by atoms with van der Waals surface area (Å²) in [5.74, 6) is -1.50. The number of benzene rings is 1. The van der Waals surface area contributed by atoms with Gasteiger partial charge in [-0.15, -0.1) is 11.3 Å². The van der Waals surface area contributed by atoms with Gasteiger partial charge in [-0.1, -0.05) is 0 Å². The number of hydrogen-bond donors (Lipinski definition) is 2. The van der Waals surface area contributed by atoms with Crippen molar-refractivity contribution in [1.29, 1.82) is 0 Å². The molecule has 1 aromatic heterocycles. The first kappa shape index (κ1) is 14.6. The van der Waals surface area contributed by atoms with E-state index in [1.54, 1.807) is 5.38 Å². The number of amides is 2. The number of nitrogens with zero attached hydrogens (tertiary/aromatic N) is 1. The van der Waals surface area contributed by atoms with Crippen LogP contribution in [-0.4, -0.2) is 16.8 Å². The summed E-state index contributed by atoms with van der Waals surface area (Å²) in [5.41, 5.74) is 5.70. The maximum Gasteiger partial charge on any atom is 0.258 e. The number of anilines is 1. The number of thiazole rings is 1. The fourth-order valence-corrected chi connectivity index (χ4v) is 2.59. The molecule has 0 saturated heterocycles. The van der Waals surface area contributed by atoms with Gasteiger partial charge in [0.1, 0.15) is 5.82 Å². The van der Waals surface area contributed by atoms with Crippen LogP contribution in [0.1, 0.15) is 16.1 Å². The molecule has 0 saturated carbocycles. The van der Waals surface area contributed by atoms with Gasteiger partial charge in [0, 0.05) is 9.85 Å². The Labute approximate surface area is 126 Å². The molecule has 0 unspecified atom stereocenters. The number of halogens is 2. The van der Waals surface area contributed by atoms with Crippen molar-refractivity contribution in [2.45, 2.75) is 6.42 Å². The maximum absolute atomic E-state index is 13.1. The van der Waals surface area contributed by atoms with E-state index in [2.05, 4.69) is 26.2 Å². The van der Waals surface area contributed by atoms with E-state index in [1.807, 2.05) is 0 Å². The fraction of sp³-hybridized carbons (Fsp3) is 0.0833. The molecule has 104 valence electrons. The average Bonchev–Trinajstić information content (AvgIpc) is 2.78. The van der Waals surface area contributed by atoms with Crippen LogP contribution in [0.25, 0.3) is 0 Å². The number of nitrogens with one attached hydrogen (secondary N) is 1. The minimum Gasteiger partial charge on any atom is -0.369 e. The van der Waals surface area contributed by atoms with Crippen LogP contribution in [0.3, 0.4) is 0 Å². The lowest BCUT2D eigenvalue weighted by molar-refractivity contribution is -0.117. The summed E-state index contributed by atoms with van der Waals surface area (Å²) >= 11 is 4.34. The van der Waals surface area contributed by atoms with Crippen LogP contribution in [0, 0.1) is 5.82 Å². The molecule has 0 aliphatic carbocycles. The number of nitrogens with two attached hydrogens (primary N) is 1. The van der Waals surface area contributed by atoms with Crippen molar-refractivity contribution < 1.29 is 14.0 Å². The van der Waals surface area contributed by atoms with Crippen LogP contribution in [0.5, 0.6) is 0 Å². The Hall–Kier alpha value is -1.80. The topological polar surface area (TPSA) is 85.1 Å². The molecule has 2 rings (SSSR count). The predicted octanol–water partition coefficient (Wildman–Crippen LogP) is 2.32. The van der Waals surface area contributed by atoms with Gasteiger partial charge in [-0.3, -0.25) is 14.9 Å². The highest BCUT2D eigenvalue weighted by molar-refractivity contribution is 9.10. The molecule has 2 amide bonds. The lowest BCUT2D eigenvalue weighted by Gasteiger charge is -2.04. The Morgan fingerprint density at radius 2 is 2.20 bits per heavy atom. The van der Waals surface area contributed by atoms with Crippen LogP contribution in [0.15, 0.2) is 28.1 Å². The quantitative estimate of drug-likeness (QED) is 0.880. The average molecular weight is 358 g/mol. The third-order valence-corrected chi connectivity index (χ3v) is 3.80. The number of primary amides is 1. The van der Waals surface area contributed by atoms with E-state index < -0.39 is 17.6 Å². The Bertz CT molecular complexity index is 674. The SMILES string of the molecule is NC(=O)Cc1csc(NC(=O)c2cc(F)ccc2Br)n1. The smallest absolute Gasteiger partial charge is 0.258 e. The second kappa shape index (κ2) is 6.10.